The van der Waals surface area contributed by atoms with Crippen LogP contribution in [0.25, 0.3) is 0 Å². The van der Waals surface area contributed by atoms with E-state index in [-0.39, 0.29) is 11.5 Å². The number of anilines is 1. The lowest BCUT2D eigenvalue weighted by molar-refractivity contribution is 0.101. The largest absolute Gasteiger partial charge is 0.505 e. The zero-order valence-corrected chi connectivity index (χ0v) is 13.3. The molecule has 0 aliphatic carbocycles. The van der Waals surface area contributed by atoms with Crippen LogP contribution < -0.4 is 9.64 Å². The van der Waals surface area contributed by atoms with Crippen LogP contribution in [0.4, 0.5) is 5.69 Å². The highest BCUT2D eigenvalue weighted by molar-refractivity contribution is 5.99. The van der Waals surface area contributed by atoms with Crippen molar-refractivity contribution in [2.45, 2.75) is 26.4 Å². The van der Waals surface area contributed by atoms with Crippen LogP contribution in [0.2, 0.25) is 0 Å². The molecule has 1 saturated heterocycles. The minimum atomic E-state index is -0.141. The van der Waals surface area contributed by atoms with Gasteiger partial charge in [0.05, 0.1) is 5.56 Å². The van der Waals surface area contributed by atoms with Crippen LogP contribution in [0.5, 0.6) is 11.5 Å². The van der Waals surface area contributed by atoms with Gasteiger partial charge in [-0.1, -0.05) is 30.3 Å². The number of phenols is 1. The van der Waals surface area contributed by atoms with E-state index in [9.17, 15) is 9.90 Å². The standard InChI is InChI=1S/C19H21NO3/c1-14(21)16-9-10-17(23-13-15-7-3-2-4-8-15)18(19(16)22)20-11-5-6-12-20/h2-4,7-10,22H,5-6,11-13H2,1H3. The summed E-state index contributed by atoms with van der Waals surface area (Å²) in [4.78, 5) is 13.8. The van der Waals surface area contributed by atoms with Crippen LogP contribution in [-0.2, 0) is 6.61 Å². The molecular formula is C19H21NO3. The van der Waals surface area contributed by atoms with E-state index in [0.717, 1.165) is 31.5 Å². The van der Waals surface area contributed by atoms with Gasteiger partial charge in [-0.15, -0.1) is 0 Å². The molecule has 1 aliphatic heterocycles. The van der Waals surface area contributed by atoms with Gasteiger partial charge in [-0.3, -0.25) is 4.79 Å². The van der Waals surface area contributed by atoms with Gasteiger partial charge in [0.1, 0.15) is 18.0 Å². The van der Waals surface area contributed by atoms with Crippen LogP contribution in [0.1, 0.15) is 35.7 Å². The minimum absolute atomic E-state index is 0.0324. The lowest BCUT2D eigenvalue weighted by Crippen LogP contribution is -2.19. The van der Waals surface area contributed by atoms with Crippen LogP contribution >= 0.6 is 0 Å². The third kappa shape index (κ3) is 3.31. The van der Waals surface area contributed by atoms with Crippen molar-refractivity contribution >= 4 is 11.5 Å². The SMILES string of the molecule is CC(=O)c1ccc(OCc2ccccc2)c(N2CCCC2)c1O. The number of ether oxygens (including phenoxy) is 1. The monoisotopic (exact) mass is 311 g/mol. The van der Waals surface area contributed by atoms with E-state index in [1.165, 1.54) is 6.92 Å². The molecule has 0 radical (unpaired) electrons. The van der Waals surface area contributed by atoms with E-state index in [4.69, 9.17) is 4.74 Å². The van der Waals surface area contributed by atoms with Crippen LogP contribution in [0.15, 0.2) is 42.5 Å². The second-order valence-corrected chi connectivity index (χ2v) is 5.83. The molecule has 0 atom stereocenters. The second-order valence-electron chi connectivity index (χ2n) is 5.83. The number of carbonyl (C=O) groups excluding carboxylic acids is 1. The molecule has 23 heavy (non-hydrogen) atoms. The van der Waals surface area contributed by atoms with E-state index in [0.29, 0.717) is 23.6 Å². The summed E-state index contributed by atoms with van der Waals surface area (Å²) in [5.74, 6) is 0.515. The van der Waals surface area contributed by atoms with Crippen molar-refractivity contribution in [2.75, 3.05) is 18.0 Å². The van der Waals surface area contributed by atoms with Crippen molar-refractivity contribution in [3.8, 4) is 11.5 Å². The third-order valence-electron chi connectivity index (χ3n) is 4.15. The topological polar surface area (TPSA) is 49.8 Å². The Kier molecular flexibility index (Phi) is 4.51. The maximum absolute atomic E-state index is 11.7. The number of hydrogen-bond acceptors (Lipinski definition) is 4. The Morgan fingerprint density at radius 3 is 2.48 bits per heavy atom. The highest BCUT2D eigenvalue weighted by Crippen LogP contribution is 2.41. The molecular weight excluding hydrogens is 290 g/mol. The Bertz CT molecular complexity index is 691. The number of aromatic hydroxyl groups is 1. The Hall–Kier alpha value is -2.49. The summed E-state index contributed by atoms with van der Waals surface area (Å²) in [6, 6.07) is 13.3. The number of Topliss-reactive ketones (excluding diaryl/α,β-unsaturated/α-hetero) is 1. The maximum atomic E-state index is 11.7. The Balaban J connectivity index is 1.92. The molecule has 2 aromatic carbocycles. The fourth-order valence-corrected chi connectivity index (χ4v) is 2.94. The molecule has 1 aliphatic rings. The van der Waals surface area contributed by atoms with Crippen molar-refractivity contribution in [1.29, 1.82) is 0 Å². The lowest BCUT2D eigenvalue weighted by Gasteiger charge is -2.23. The van der Waals surface area contributed by atoms with Gasteiger partial charge in [0.25, 0.3) is 0 Å². The third-order valence-corrected chi connectivity index (χ3v) is 4.15. The highest BCUT2D eigenvalue weighted by Gasteiger charge is 2.23. The number of benzene rings is 2. The first-order valence-electron chi connectivity index (χ1n) is 7.95. The van der Waals surface area contributed by atoms with Gasteiger partial charge in [0.2, 0.25) is 0 Å². The van der Waals surface area contributed by atoms with E-state index >= 15 is 0 Å². The van der Waals surface area contributed by atoms with Crippen molar-refractivity contribution in [1.82, 2.24) is 0 Å². The average Bonchev–Trinajstić information content (AvgIpc) is 3.07. The smallest absolute Gasteiger partial charge is 0.163 e. The van der Waals surface area contributed by atoms with Gasteiger partial charge < -0.3 is 14.7 Å². The molecule has 0 unspecified atom stereocenters. The zero-order chi connectivity index (χ0) is 16.2. The summed E-state index contributed by atoms with van der Waals surface area (Å²) in [6.45, 7) is 3.64. The normalized spacial score (nSPS) is 14.0. The summed E-state index contributed by atoms with van der Waals surface area (Å²) in [6.07, 6.45) is 2.17. The predicted octanol–water partition coefficient (Wildman–Crippen LogP) is 3.77. The number of hydrogen-bond donors (Lipinski definition) is 1. The molecule has 4 nitrogen and oxygen atoms in total. The fourth-order valence-electron chi connectivity index (χ4n) is 2.94. The molecule has 3 rings (SSSR count). The Morgan fingerprint density at radius 2 is 1.83 bits per heavy atom. The molecule has 0 saturated carbocycles. The first-order valence-corrected chi connectivity index (χ1v) is 7.95. The molecule has 0 spiro atoms. The lowest BCUT2D eigenvalue weighted by atomic mass is 10.1. The summed E-state index contributed by atoms with van der Waals surface area (Å²) in [5.41, 5.74) is 2.06. The van der Waals surface area contributed by atoms with Crippen molar-refractivity contribution < 1.29 is 14.6 Å². The highest BCUT2D eigenvalue weighted by atomic mass is 16.5. The molecule has 1 heterocycles. The van der Waals surface area contributed by atoms with E-state index in [1.54, 1.807) is 12.1 Å². The van der Waals surface area contributed by atoms with Crippen molar-refractivity contribution in [3.63, 3.8) is 0 Å². The second kappa shape index (κ2) is 6.73. The van der Waals surface area contributed by atoms with Crippen molar-refractivity contribution in [3.05, 3.63) is 53.6 Å². The molecule has 0 aromatic heterocycles. The maximum Gasteiger partial charge on any atom is 0.163 e. The van der Waals surface area contributed by atoms with Crippen molar-refractivity contribution in [2.24, 2.45) is 0 Å². The average molecular weight is 311 g/mol. The quantitative estimate of drug-likeness (QED) is 0.854. The van der Waals surface area contributed by atoms with Gasteiger partial charge in [-0.05, 0) is 37.5 Å². The Morgan fingerprint density at radius 1 is 1.13 bits per heavy atom. The minimum Gasteiger partial charge on any atom is -0.505 e. The van der Waals surface area contributed by atoms with E-state index in [1.807, 2.05) is 30.3 Å². The number of nitrogens with zero attached hydrogens (tertiary/aromatic N) is 1. The molecule has 2 aromatic rings. The van der Waals surface area contributed by atoms with Gasteiger partial charge in [0, 0.05) is 13.1 Å². The molecule has 0 bridgehead atoms. The van der Waals surface area contributed by atoms with Crippen LogP contribution in [0.3, 0.4) is 0 Å². The predicted molar refractivity (Wildman–Crippen MR) is 90.3 cm³/mol. The van der Waals surface area contributed by atoms with Gasteiger partial charge in [-0.2, -0.15) is 0 Å². The van der Waals surface area contributed by atoms with E-state index < -0.39 is 0 Å². The van der Waals surface area contributed by atoms with E-state index in [2.05, 4.69) is 4.90 Å². The summed E-state index contributed by atoms with van der Waals surface area (Å²) < 4.78 is 5.94. The summed E-state index contributed by atoms with van der Waals surface area (Å²) >= 11 is 0. The number of phenolic OH excluding ortho intramolecular Hbond substituents is 1. The fraction of sp³-hybridized carbons (Fsp3) is 0.316. The summed E-state index contributed by atoms with van der Waals surface area (Å²) in [7, 11) is 0. The molecule has 120 valence electrons. The Labute approximate surface area is 136 Å². The van der Waals surface area contributed by atoms with Crippen LogP contribution in [0, 0.1) is 0 Å². The number of rotatable bonds is 5. The molecule has 1 fully saturated rings. The van der Waals surface area contributed by atoms with Gasteiger partial charge in [-0.25, -0.2) is 0 Å². The van der Waals surface area contributed by atoms with Gasteiger partial charge >= 0.3 is 0 Å². The first kappa shape index (κ1) is 15.4. The zero-order valence-electron chi connectivity index (χ0n) is 13.3. The van der Waals surface area contributed by atoms with Gasteiger partial charge in [0.15, 0.2) is 11.5 Å². The van der Waals surface area contributed by atoms with Crippen LogP contribution in [-0.4, -0.2) is 24.0 Å². The number of carbonyl (C=O) groups is 1. The summed E-state index contributed by atoms with van der Waals surface area (Å²) in [5, 5.41) is 10.6. The molecule has 4 heteroatoms. The first-order chi connectivity index (χ1) is 11.2. The number of ketones is 1. The molecule has 0 amide bonds. The molecule has 1 N–H and O–H groups in total.